The van der Waals surface area contributed by atoms with Crippen molar-refractivity contribution in [3.63, 3.8) is 0 Å². The van der Waals surface area contributed by atoms with Gasteiger partial charge in [-0.2, -0.15) is 4.31 Å². The number of tetrazole rings is 1. The van der Waals surface area contributed by atoms with Crippen LogP contribution in [0, 0.1) is 0 Å². The standard InChI is InChI=1S/C44H48N8O9S2/c1-44(2,3)61-43(53)50-27-35(28-50)62(54,55)38-23-22-36(37-8-7-9-39(45)46-37)40(42-47-48-49-52(42)26-31-14-20-34(60-6)21-15-31)41(38)63(56,57)51(24-29-10-16-32(58-4)17-11-29)25-30-12-18-33(59-5)19-13-30/h7-23,35H,24-28H2,1-6H3,(H2,45,46). The zero-order valence-electron chi connectivity index (χ0n) is 35.6. The number of ether oxygens (including phenoxy) is 4. The monoisotopic (exact) mass is 896 g/mol. The number of anilines is 1. The van der Waals surface area contributed by atoms with Crippen LogP contribution in [-0.2, 0) is 44.2 Å². The number of hydrogen-bond acceptors (Lipinski definition) is 14. The maximum atomic E-state index is 16.0. The zero-order chi connectivity index (χ0) is 45.1. The van der Waals surface area contributed by atoms with Crippen molar-refractivity contribution >= 4 is 31.8 Å². The molecule has 1 aliphatic rings. The number of nitrogen functional groups attached to an aromatic ring is 1. The number of nitrogens with zero attached hydrogens (tertiary/aromatic N) is 7. The second-order valence-corrected chi connectivity index (χ2v) is 19.9. The zero-order valence-corrected chi connectivity index (χ0v) is 37.3. The van der Waals surface area contributed by atoms with E-state index in [9.17, 15) is 4.79 Å². The summed E-state index contributed by atoms with van der Waals surface area (Å²) in [5, 5.41) is 11.4. The Hall–Kier alpha value is -6.57. The van der Waals surface area contributed by atoms with Gasteiger partial charge in [0.15, 0.2) is 15.7 Å². The number of rotatable bonds is 15. The molecule has 2 N–H and O–H groups in total. The summed E-state index contributed by atoms with van der Waals surface area (Å²) in [6.07, 6.45) is -0.687. The molecule has 330 valence electrons. The van der Waals surface area contributed by atoms with E-state index in [-0.39, 0.29) is 61.2 Å². The lowest BCUT2D eigenvalue weighted by molar-refractivity contribution is 0.0139. The number of methoxy groups -OCH3 is 3. The van der Waals surface area contributed by atoms with Crippen molar-refractivity contribution in [3.05, 3.63) is 120 Å². The van der Waals surface area contributed by atoms with Gasteiger partial charge in [0, 0.05) is 31.7 Å². The highest BCUT2D eigenvalue weighted by atomic mass is 32.2. The van der Waals surface area contributed by atoms with Crippen LogP contribution in [0.1, 0.15) is 37.5 Å². The highest BCUT2D eigenvalue weighted by Gasteiger charge is 2.46. The molecule has 0 radical (unpaired) electrons. The SMILES string of the molecule is COc1ccc(CN(Cc2ccc(OC)cc2)S(=O)(=O)c2c(S(=O)(=O)C3CN(C(=O)OC(C)(C)C)C3)ccc(-c3cccc(N)n3)c2-c2nnnn2Cc2ccc(OC)cc2)cc1. The maximum Gasteiger partial charge on any atom is 0.410 e. The molecule has 0 saturated carbocycles. The van der Waals surface area contributed by atoms with E-state index >= 15 is 16.8 Å². The van der Waals surface area contributed by atoms with E-state index in [0.717, 1.165) is 5.56 Å². The molecule has 0 aliphatic carbocycles. The van der Waals surface area contributed by atoms with Gasteiger partial charge in [-0.05, 0) is 102 Å². The van der Waals surface area contributed by atoms with E-state index in [0.29, 0.717) is 28.4 Å². The summed E-state index contributed by atoms with van der Waals surface area (Å²) in [5.41, 5.74) is 7.60. The third-order valence-electron chi connectivity index (χ3n) is 10.3. The predicted molar refractivity (Wildman–Crippen MR) is 234 cm³/mol. The molecule has 1 amide bonds. The molecule has 0 bridgehead atoms. The number of likely N-dealkylation sites (tertiary alicyclic amines) is 1. The summed E-state index contributed by atoms with van der Waals surface area (Å²) >= 11 is 0. The number of pyridine rings is 1. The number of carbonyl (C=O) groups excluding carboxylic acids is 1. The molecular formula is C44H48N8O9S2. The van der Waals surface area contributed by atoms with E-state index in [4.69, 9.17) is 24.7 Å². The van der Waals surface area contributed by atoms with Crippen LogP contribution in [0.25, 0.3) is 22.6 Å². The summed E-state index contributed by atoms with van der Waals surface area (Å²) in [4.78, 5) is 17.7. The molecule has 0 atom stereocenters. The molecule has 1 saturated heterocycles. The van der Waals surface area contributed by atoms with Gasteiger partial charge in [0.05, 0.1) is 44.0 Å². The summed E-state index contributed by atoms with van der Waals surface area (Å²) in [6, 6.07) is 28.5. The third-order valence-corrected chi connectivity index (χ3v) is 14.4. The van der Waals surface area contributed by atoms with Crippen LogP contribution in [-0.4, -0.2) is 103 Å². The average molecular weight is 897 g/mol. The van der Waals surface area contributed by atoms with Crippen LogP contribution in [0.15, 0.2) is 113 Å². The van der Waals surface area contributed by atoms with E-state index in [1.807, 2.05) is 12.1 Å². The van der Waals surface area contributed by atoms with Gasteiger partial charge in [-0.3, -0.25) is 0 Å². The average Bonchev–Trinajstić information content (AvgIpc) is 3.70. The molecule has 1 fully saturated rings. The Kier molecular flexibility index (Phi) is 12.7. The lowest BCUT2D eigenvalue weighted by atomic mass is 10.0. The number of sulfone groups is 1. The number of amides is 1. The second kappa shape index (κ2) is 18.0. The summed E-state index contributed by atoms with van der Waals surface area (Å²) in [5.74, 6) is 1.82. The second-order valence-electron chi connectivity index (χ2n) is 15.8. The Bertz CT molecular complexity index is 2760. The fourth-order valence-corrected chi connectivity index (χ4v) is 11.1. The van der Waals surface area contributed by atoms with Gasteiger partial charge in [-0.25, -0.2) is 31.3 Å². The normalized spacial score (nSPS) is 13.4. The number of aromatic nitrogens is 5. The maximum absolute atomic E-state index is 16.0. The van der Waals surface area contributed by atoms with Crippen LogP contribution < -0.4 is 19.9 Å². The van der Waals surface area contributed by atoms with E-state index < -0.39 is 46.6 Å². The smallest absolute Gasteiger partial charge is 0.410 e. The summed E-state index contributed by atoms with van der Waals surface area (Å²) < 4.78 is 86.4. The molecule has 6 aromatic rings. The highest BCUT2D eigenvalue weighted by molar-refractivity contribution is 7.94. The van der Waals surface area contributed by atoms with Crippen molar-refractivity contribution in [2.24, 2.45) is 0 Å². The topological polar surface area (TPSA) is 211 Å². The largest absolute Gasteiger partial charge is 0.497 e. The van der Waals surface area contributed by atoms with E-state index in [1.165, 1.54) is 40.2 Å². The van der Waals surface area contributed by atoms with Crippen LogP contribution in [0.3, 0.4) is 0 Å². The Morgan fingerprint density at radius 2 is 1.30 bits per heavy atom. The quantitative estimate of drug-likeness (QED) is 0.128. The van der Waals surface area contributed by atoms with E-state index in [2.05, 4.69) is 20.5 Å². The van der Waals surface area contributed by atoms with Crippen LogP contribution in [0.4, 0.5) is 10.6 Å². The minimum absolute atomic E-state index is 0.0569. The van der Waals surface area contributed by atoms with Crippen molar-refractivity contribution < 1.29 is 40.6 Å². The molecule has 17 nitrogen and oxygen atoms in total. The van der Waals surface area contributed by atoms with Gasteiger partial charge < -0.3 is 29.6 Å². The van der Waals surface area contributed by atoms with Crippen molar-refractivity contribution in [2.75, 3.05) is 40.2 Å². The fourth-order valence-electron chi connectivity index (χ4n) is 6.99. The Balaban J connectivity index is 1.47. The number of benzene rings is 4. The summed E-state index contributed by atoms with van der Waals surface area (Å²) in [7, 11) is -4.85. The minimum Gasteiger partial charge on any atom is -0.497 e. The molecule has 63 heavy (non-hydrogen) atoms. The molecule has 4 aromatic carbocycles. The first-order chi connectivity index (χ1) is 30.0. The molecule has 0 unspecified atom stereocenters. The number of sulfonamides is 1. The first-order valence-corrected chi connectivity index (χ1v) is 22.8. The molecular weight excluding hydrogens is 849 g/mol. The Morgan fingerprint density at radius 1 is 0.762 bits per heavy atom. The van der Waals surface area contributed by atoms with Crippen molar-refractivity contribution in [1.29, 1.82) is 0 Å². The molecule has 0 spiro atoms. The van der Waals surface area contributed by atoms with Crippen molar-refractivity contribution in [1.82, 2.24) is 34.4 Å². The molecule has 3 heterocycles. The lowest BCUT2D eigenvalue weighted by Crippen LogP contribution is -2.57. The third kappa shape index (κ3) is 9.74. The van der Waals surface area contributed by atoms with Crippen molar-refractivity contribution in [2.45, 2.75) is 61.0 Å². The van der Waals surface area contributed by atoms with E-state index in [1.54, 1.807) is 107 Å². The van der Waals surface area contributed by atoms with Crippen molar-refractivity contribution in [3.8, 4) is 39.9 Å². The Morgan fingerprint density at radius 3 is 1.81 bits per heavy atom. The number of carbonyl (C=O) groups is 1. The first-order valence-electron chi connectivity index (χ1n) is 19.8. The molecule has 19 heteroatoms. The van der Waals surface area contributed by atoms with Crippen LogP contribution in [0.2, 0.25) is 0 Å². The number of hydrogen-bond donors (Lipinski definition) is 1. The number of nitrogens with two attached hydrogens (primary N) is 1. The lowest BCUT2D eigenvalue weighted by Gasteiger charge is -2.39. The molecule has 2 aromatic heterocycles. The van der Waals surface area contributed by atoms with Gasteiger partial charge in [-0.15, -0.1) is 5.10 Å². The van der Waals surface area contributed by atoms with Gasteiger partial charge >= 0.3 is 6.09 Å². The highest BCUT2D eigenvalue weighted by Crippen LogP contribution is 2.43. The predicted octanol–water partition coefficient (Wildman–Crippen LogP) is 5.84. The van der Waals surface area contributed by atoms with Crippen LogP contribution in [0.5, 0.6) is 17.2 Å². The minimum atomic E-state index is -4.91. The van der Waals surface area contributed by atoms with Gasteiger partial charge in [0.2, 0.25) is 10.0 Å². The summed E-state index contributed by atoms with van der Waals surface area (Å²) in [6.45, 7) is 4.33. The molecule has 7 rings (SSSR count). The van der Waals surface area contributed by atoms with Gasteiger partial charge in [0.1, 0.15) is 38.8 Å². The van der Waals surface area contributed by atoms with Crippen LogP contribution >= 0.6 is 0 Å². The first kappa shape index (κ1) is 44.5. The van der Waals surface area contributed by atoms with Gasteiger partial charge in [0.25, 0.3) is 0 Å². The fraction of sp³-hybridized carbons (Fsp3) is 0.295. The Labute approximate surface area is 366 Å². The van der Waals surface area contributed by atoms with Gasteiger partial charge in [-0.1, -0.05) is 48.5 Å². The molecule has 1 aliphatic heterocycles.